The number of anilines is 2. The molecule has 0 amide bonds. The maximum atomic E-state index is 4.53. The van der Waals surface area contributed by atoms with Crippen molar-refractivity contribution >= 4 is 11.6 Å². The maximum absolute atomic E-state index is 4.53. The third-order valence-corrected chi connectivity index (χ3v) is 2.96. The van der Waals surface area contributed by atoms with Gasteiger partial charge in [0.1, 0.15) is 17.5 Å². The van der Waals surface area contributed by atoms with E-state index in [0.717, 1.165) is 23.4 Å². The standard InChI is InChI=1S/C12H20N4/c1-7(2)12-15-10(13-4)6-11(16-12)14-9-5-8(9)3/h6-9H,5H2,1-4H3,(H2,13,14,15,16). The third-order valence-electron chi connectivity index (χ3n) is 2.96. The molecule has 2 unspecified atom stereocenters. The van der Waals surface area contributed by atoms with Crippen molar-refractivity contribution in [2.45, 2.75) is 39.2 Å². The summed E-state index contributed by atoms with van der Waals surface area (Å²) in [6.07, 6.45) is 1.25. The molecule has 1 aromatic heterocycles. The van der Waals surface area contributed by atoms with Gasteiger partial charge in [-0.15, -0.1) is 0 Å². The Labute approximate surface area is 96.9 Å². The molecule has 1 aliphatic rings. The molecule has 0 bridgehead atoms. The molecule has 1 aliphatic carbocycles. The van der Waals surface area contributed by atoms with Gasteiger partial charge in [0.05, 0.1) is 0 Å². The van der Waals surface area contributed by atoms with Crippen LogP contribution in [0.3, 0.4) is 0 Å². The van der Waals surface area contributed by atoms with Gasteiger partial charge in [-0.3, -0.25) is 0 Å². The Morgan fingerprint density at radius 2 is 1.94 bits per heavy atom. The lowest BCUT2D eigenvalue weighted by atomic mass is 10.2. The fraction of sp³-hybridized carbons (Fsp3) is 0.667. The number of nitrogens with one attached hydrogen (secondary N) is 2. The van der Waals surface area contributed by atoms with Crippen molar-refractivity contribution in [1.29, 1.82) is 0 Å². The van der Waals surface area contributed by atoms with Crippen molar-refractivity contribution in [3.63, 3.8) is 0 Å². The second kappa shape index (κ2) is 4.28. The van der Waals surface area contributed by atoms with Crippen molar-refractivity contribution in [2.75, 3.05) is 17.7 Å². The van der Waals surface area contributed by atoms with Gasteiger partial charge < -0.3 is 10.6 Å². The first kappa shape index (κ1) is 11.2. The summed E-state index contributed by atoms with van der Waals surface area (Å²) >= 11 is 0. The predicted octanol–water partition coefficient (Wildman–Crippen LogP) is 2.46. The smallest absolute Gasteiger partial charge is 0.135 e. The fourth-order valence-electron chi connectivity index (χ4n) is 1.64. The highest BCUT2D eigenvalue weighted by molar-refractivity contribution is 5.48. The Morgan fingerprint density at radius 3 is 2.44 bits per heavy atom. The van der Waals surface area contributed by atoms with Gasteiger partial charge >= 0.3 is 0 Å². The molecule has 2 atom stereocenters. The first-order valence-corrected chi connectivity index (χ1v) is 5.93. The Hall–Kier alpha value is -1.32. The van der Waals surface area contributed by atoms with Crippen LogP contribution in [-0.2, 0) is 0 Å². The number of nitrogens with zero attached hydrogens (tertiary/aromatic N) is 2. The van der Waals surface area contributed by atoms with E-state index in [4.69, 9.17) is 0 Å². The first-order valence-electron chi connectivity index (χ1n) is 5.93. The molecule has 4 heteroatoms. The van der Waals surface area contributed by atoms with E-state index < -0.39 is 0 Å². The lowest BCUT2D eigenvalue weighted by molar-refractivity contribution is 0.774. The van der Waals surface area contributed by atoms with E-state index in [0.29, 0.717) is 12.0 Å². The van der Waals surface area contributed by atoms with Gasteiger partial charge in [-0.2, -0.15) is 0 Å². The topological polar surface area (TPSA) is 49.8 Å². The van der Waals surface area contributed by atoms with Crippen molar-refractivity contribution in [3.8, 4) is 0 Å². The summed E-state index contributed by atoms with van der Waals surface area (Å²) in [6, 6.07) is 2.57. The highest BCUT2D eigenvalue weighted by atomic mass is 15.1. The van der Waals surface area contributed by atoms with Crippen LogP contribution >= 0.6 is 0 Å². The van der Waals surface area contributed by atoms with Crippen LogP contribution in [-0.4, -0.2) is 23.1 Å². The molecule has 1 fully saturated rings. The Kier molecular flexibility index (Phi) is 2.99. The summed E-state index contributed by atoms with van der Waals surface area (Å²) in [7, 11) is 1.88. The fourth-order valence-corrected chi connectivity index (χ4v) is 1.64. The van der Waals surface area contributed by atoms with Crippen molar-refractivity contribution in [1.82, 2.24) is 9.97 Å². The SMILES string of the molecule is CNc1cc(NC2CC2C)nc(C(C)C)n1. The van der Waals surface area contributed by atoms with Crippen LogP contribution in [0.5, 0.6) is 0 Å². The Balaban J connectivity index is 2.19. The highest BCUT2D eigenvalue weighted by Gasteiger charge is 2.32. The third kappa shape index (κ3) is 2.43. The van der Waals surface area contributed by atoms with Gasteiger partial charge in [0.25, 0.3) is 0 Å². The second-order valence-corrected chi connectivity index (χ2v) is 4.87. The number of hydrogen-bond acceptors (Lipinski definition) is 4. The maximum Gasteiger partial charge on any atom is 0.135 e. The number of aromatic nitrogens is 2. The quantitative estimate of drug-likeness (QED) is 0.818. The minimum atomic E-state index is 0.352. The number of rotatable bonds is 4. The van der Waals surface area contributed by atoms with E-state index in [-0.39, 0.29) is 0 Å². The lowest BCUT2D eigenvalue weighted by Crippen LogP contribution is -2.09. The molecule has 0 aliphatic heterocycles. The molecule has 2 N–H and O–H groups in total. The van der Waals surface area contributed by atoms with Crippen molar-refractivity contribution < 1.29 is 0 Å². The number of hydrogen-bond donors (Lipinski definition) is 2. The van der Waals surface area contributed by atoms with Crippen LogP contribution in [0, 0.1) is 5.92 Å². The van der Waals surface area contributed by atoms with Gasteiger partial charge in [0, 0.05) is 25.1 Å². The van der Waals surface area contributed by atoms with Crippen LogP contribution in [0.15, 0.2) is 6.07 Å². The minimum Gasteiger partial charge on any atom is -0.373 e. The van der Waals surface area contributed by atoms with Crippen LogP contribution < -0.4 is 10.6 Å². The molecular formula is C12H20N4. The zero-order chi connectivity index (χ0) is 11.7. The van der Waals surface area contributed by atoms with Gasteiger partial charge in [-0.05, 0) is 12.3 Å². The average molecular weight is 220 g/mol. The molecular weight excluding hydrogens is 200 g/mol. The summed E-state index contributed by atoms with van der Waals surface area (Å²) in [6.45, 7) is 6.47. The van der Waals surface area contributed by atoms with Crippen LogP contribution in [0.1, 0.15) is 38.9 Å². The molecule has 4 nitrogen and oxygen atoms in total. The summed E-state index contributed by atoms with van der Waals surface area (Å²) in [4.78, 5) is 8.97. The summed E-state index contributed by atoms with van der Waals surface area (Å²) in [5.41, 5.74) is 0. The zero-order valence-corrected chi connectivity index (χ0v) is 10.4. The first-order chi connectivity index (χ1) is 7.60. The van der Waals surface area contributed by atoms with Gasteiger partial charge in [-0.1, -0.05) is 20.8 Å². The molecule has 0 spiro atoms. The Bertz CT molecular complexity index is 375. The van der Waals surface area contributed by atoms with Crippen molar-refractivity contribution in [2.24, 2.45) is 5.92 Å². The highest BCUT2D eigenvalue weighted by Crippen LogP contribution is 2.32. The Morgan fingerprint density at radius 1 is 1.31 bits per heavy atom. The molecule has 2 rings (SSSR count). The molecule has 16 heavy (non-hydrogen) atoms. The molecule has 0 saturated heterocycles. The zero-order valence-electron chi connectivity index (χ0n) is 10.4. The van der Waals surface area contributed by atoms with Gasteiger partial charge in [0.2, 0.25) is 0 Å². The second-order valence-electron chi connectivity index (χ2n) is 4.87. The van der Waals surface area contributed by atoms with E-state index in [1.807, 2.05) is 13.1 Å². The minimum absolute atomic E-state index is 0.352. The summed E-state index contributed by atoms with van der Waals surface area (Å²) < 4.78 is 0. The monoisotopic (exact) mass is 220 g/mol. The molecule has 1 saturated carbocycles. The van der Waals surface area contributed by atoms with Crippen LogP contribution in [0.4, 0.5) is 11.6 Å². The van der Waals surface area contributed by atoms with Gasteiger partial charge in [-0.25, -0.2) is 9.97 Å². The van der Waals surface area contributed by atoms with Crippen LogP contribution in [0.25, 0.3) is 0 Å². The van der Waals surface area contributed by atoms with E-state index in [2.05, 4.69) is 41.4 Å². The molecule has 88 valence electrons. The van der Waals surface area contributed by atoms with E-state index in [9.17, 15) is 0 Å². The molecule has 0 radical (unpaired) electrons. The van der Waals surface area contributed by atoms with Crippen LogP contribution in [0.2, 0.25) is 0 Å². The lowest BCUT2D eigenvalue weighted by Gasteiger charge is -2.11. The van der Waals surface area contributed by atoms with E-state index in [1.54, 1.807) is 0 Å². The van der Waals surface area contributed by atoms with E-state index >= 15 is 0 Å². The molecule has 1 heterocycles. The molecule has 0 aromatic carbocycles. The molecule has 1 aromatic rings. The predicted molar refractivity (Wildman–Crippen MR) is 66.9 cm³/mol. The normalized spacial score (nSPS) is 23.3. The van der Waals surface area contributed by atoms with Gasteiger partial charge in [0.15, 0.2) is 0 Å². The largest absolute Gasteiger partial charge is 0.373 e. The van der Waals surface area contributed by atoms with Crippen molar-refractivity contribution in [3.05, 3.63) is 11.9 Å². The summed E-state index contributed by atoms with van der Waals surface area (Å²) in [5.74, 6) is 3.84. The average Bonchev–Trinajstić information content (AvgIpc) is 2.93. The summed E-state index contributed by atoms with van der Waals surface area (Å²) in [5, 5.41) is 6.52. The van der Waals surface area contributed by atoms with E-state index in [1.165, 1.54) is 6.42 Å².